The van der Waals surface area contributed by atoms with Crippen molar-refractivity contribution in [2.45, 2.75) is 31.1 Å². The number of amides is 1. The van der Waals surface area contributed by atoms with Gasteiger partial charge in [-0.05, 0) is 30.0 Å². The number of aromatic amines is 1. The molecule has 0 aliphatic carbocycles. The Hall–Kier alpha value is -2.80. The summed E-state index contributed by atoms with van der Waals surface area (Å²) in [6, 6.07) is 7.79. The quantitative estimate of drug-likeness (QED) is 0.378. The Balaban J connectivity index is 2.29. The number of rotatable bonds is 7. The highest BCUT2D eigenvalue weighted by molar-refractivity contribution is 7.98. The summed E-state index contributed by atoms with van der Waals surface area (Å²) in [5.41, 5.74) is 2.76. The number of aromatic nitrogens is 2. The van der Waals surface area contributed by atoms with Crippen molar-refractivity contribution in [1.29, 1.82) is 0 Å². The van der Waals surface area contributed by atoms with Gasteiger partial charge in [-0.25, -0.2) is 4.98 Å². The number of likely N-dealkylation sites (N-methyl/N-ethyl adjacent to an activating group) is 1. The summed E-state index contributed by atoms with van der Waals surface area (Å²) in [5, 5.41) is 5.56. The summed E-state index contributed by atoms with van der Waals surface area (Å²) in [6.07, 6.45) is 7.51. The second-order valence-corrected chi connectivity index (χ2v) is 7.98. The van der Waals surface area contributed by atoms with E-state index in [0.717, 1.165) is 16.2 Å². The molecule has 0 saturated heterocycles. The van der Waals surface area contributed by atoms with Crippen LogP contribution in [-0.2, 0) is 15.0 Å². The Bertz CT molecular complexity index is 907. The highest BCUT2D eigenvalue weighted by atomic mass is 32.2. The third kappa shape index (κ3) is 5.36. The van der Waals surface area contributed by atoms with Crippen LogP contribution in [0.15, 0.2) is 46.9 Å². The molecule has 7 heteroatoms. The van der Waals surface area contributed by atoms with Gasteiger partial charge in [0.15, 0.2) is 6.29 Å². The monoisotopic (exact) mass is 398 g/mol. The highest BCUT2D eigenvalue weighted by Crippen LogP contribution is 2.24. The van der Waals surface area contributed by atoms with Crippen LogP contribution in [0.25, 0.3) is 12.2 Å². The smallest absolute Gasteiger partial charge is 0.271 e. The standard InChI is InChI=1S/C21H26N4O2S/c1-21(2,3)19-16(23-13-24-19)11-15(12-26)25-20(27)17(22-4)10-14-8-6-7-9-18(14)28-5/h6-13,22H,1-5H3,(H,23,24)(H,25,27)/b15-11-,17-10-. The molecule has 1 heterocycles. The summed E-state index contributed by atoms with van der Waals surface area (Å²) in [5.74, 6) is -0.399. The number of nitrogens with zero attached hydrogens (tertiary/aromatic N) is 1. The molecule has 148 valence electrons. The molecule has 1 amide bonds. The summed E-state index contributed by atoms with van der Waals surface area (Å²) in [4.78, 5) is 32.6. The van der Waals surface area contributed by atoms with Gasteiger partial charge in [0, 0.05) is 23.1 Å². The largest absolute Gasteiger partial charge is 0.384 e. The first kappa shape index (κ1) is 21.5. The van der Waals surface area contributed by atoms with E-state index in [1.165, 1.54) is 0 Å². The van der Waals surface area contributed by atoms with E-state index in [-0.39, 0.29) is 11.1 Å². The van der Waals surface area contributed by atoms with Crippen LogP contribution in [0.4, 0.5) is 0 Å². The molecule has 0 aliphatic heterocycles. The van der Waals surface area contributed by atoms with E-state index in [9.17, 15) is 9.59 Å². The predicted molar refractivity (Wildman–Crippen MR) is 115 cm³/mol. The summed E-state index contributed by atoms with van der Waals surface area (Å²) >= 11 is 1.60. The van der Waals surface area contributed by atoms with Crippen molar-refractivity contribution in [2.75, 3.05) is 13.3 Å². The van der Waals surface area contributed by atoms with Crippen LogP contribution in [0.2, 0.25) is 0 Å². The number of imidazole rings is 1. The van der Waals surface area contributed by atoms with E-state index in [4.69, 9.17) is 0 Å². The molecule has 0 fully saturated rings. The van der Waals surface area contributed by atoms with Crippen molar-refractivity contribution < 1.29 is 9.59 Å². The molecule has 0 atom stereocenters. The Kier molecular flexibility index (Phi) is 7.23. The van der Waals surface area contributed by atoms with Gasteiger partial charge in [0.1, 0.15) is 5.70 Å². The van der Waals surface area contributed by atoms with E-state index < -0.39 is 5.91 Å². The van der Waals surface area contributed by atoms with Crippen LogP contribution in [0.5, 0.6) is 0 Å². The minimum absolute atomic E-state index is 0.141. The lowest BCUT2D eigenvalue weighted by Crippen LogP contribution is -2.30. The van der Waals surface area contributed by atoms with Gasteiger partial charge in [0.25, 0.3) is 5.91 Å². The van der Waals surface area contributed by atoms with E-state index in [1.54, 1.807) is 37.3 Å². The first-order chi connectivity index (χ1) is 13.3. The average molecular weight is 399 g/mol. The van der Waals surface area contributed by atoms with Gasteiger partial charge >= 0.3 is 0 Å². The van der Waals surface area contributed by atoms with E-state index in [1.807, 2.05) is 51.3 Å². The van der Waals surface area contributed by atoms with Gasteiger partial charge in [-0.1, -0.05) is 39.0 Å². The number of nitrogens with one attached hydrogen (secondary N) is 3. The third-order valence-electron chi connectivity index (χ3n) is 4.05. The molecule has 1 aromatic carbocycles. The van der Waals surface area contributed by atoms with Crippen LogP contribution in [0.3, 0.4) is 0 Å². The molecule has 6 nitrogen and oxygen atoms in total. The van der Waals surface area contributed by atoms with Crippen molar-refractivity contribution in [3.05, 3.63) is 58.9 Å². The molecule has 0 bridgehead atoms. The van der Waals surface area contributed by atoms with Crippen LogP contribution in [-0.4, -0.2) is 35.5 Å². The topological polar surface area (TPSA) is 86.9 Å². The molecule has 0 unspecified atom stereocenters. The lowest BCUT2D eigenvalue weighted by atomic mass is 9.90. The van der Waals surface area contributed by atoms with Crippen LogP contribution in [0, 0.1) is 0 Å². The molecule has 1 aromatic heterocycles. The fourth-order valence-electron chi connectivity index (χ4n) is 2.65. The Morgan fingerprint density at radius 2 is 1.93 bits per heavy atom. The SMILES string of the molecule is CN/C(=C\c1ccccc1SC)C(=O)N/C(C=O)=C\c1nc[nH]c1C(C)(C)C. The first-order valence-electron chi connectivity index (χ1n) is 8.84. The molecule has 2 rings (SSSR count). The number of H-pyrrole nitrogens is 1. The first-order valence-corrected chi connectivity index (χ1v) is 10.1. The number of aldehydes is 1. The zero-order chi connectivity index (χ0) is 20.7. The molecule has 0 aliphatic rings. The molecular weight excluding hydrogens is 372 g/mol. The maximum Gasteiger partial charge on any atom is 0.271 e. The second-order valence-electron chi connectivity index (χ2n) is 7.13. The summed E-state index contributed by atoms with van der Waals surface area (Å²) in [7, 11) is 1.67. The normalized spacial score (nSPS) is 12.6. The molecule has 0 spiro atoms. The van der Waals surface area contributed by atoms with Crippen molar-refractivity contribution in [3.8, 4) is 0 Å². The van der Waals surface area contributed by atoms with E-state index in [2.05, 4.69) is 20.6 Å². The second kappa shape index (κ2) is 9.41. The zero-order valence-electron chi connectivity index (χ0n) is 16.8. The predicted octanol–water partition coefficient (Wildman–Crippen LogP) is 3.35. The molecule has 3 N–H and O–H groups in total. The zero-order valence-corrected chi connectivity index (χ0v) is 17.6. The number of hydrogen-bond acceptors (Lipinski definition) is 5. The number of allylic oxidation sites excluding steroid dienone is 1. The number of thioether (sulfide) groups is 1. The molecule has 28 heavy (non-hydrogen) atoms. The third-order valence-corrected chi connectivity index (χ3v) is 4.86. The van der Waals surface area contributed by atoms with Crippen molar-refractivity contribution in [3.63, 3.8) is 0 Å². The van der Waals surface area contributed by atoms with Crippen LogP contribution in [0.1, 0.15) is 37.7 Å². The minimum atomic E-state index is -0.399. The Morgan fingerprint density at radius 1 is 1.21 bits per heavy atom. The van der Waals surface area contributed by atoms with Gasteiger partial charge in [0.2, 0.25) is 0 Å². The van der Waals surface area contributed by atoms with Crippen LogP contribution < -0.4 is 10.6 Å². The Labute approximate surface area is 169 Å². The van der Waals surface area contributed by atoms with E-state index in [0.29, 0.717) is 17.7 Å². The van der Waals surface area contributed by atoms with Crippen LogP contribution >= 0.6 is 11.8 Å². The van der Waals surface area contributed by atoms with Crippen molar-refractivity contribution >= 4 is 36.1 Å². The number of carbonyl (C=O) groups is 2. The van der Waals surface area contributed by atoms with Gasteiger partial charge in [-0.3, -0.25) is 9.59 Å². The number of hydrogen-bond donors (Lipinski definition) is 3. The van der Waals surface area contributed by atoms with Gasteiger partial charge < -0.3 is 15.6 Å². The number of carbonyl (C=O) groups excluding carboxylic acids is 2. The summed E-state index contributed by atoms with van der Waals surface area (Å²) in [6.45, 7) is 6.13. The fourth-order valence-corrected chi connectivity index (χ4v) is 3.23. The molecule has 0 radical (unpaired) electrons. The van der Waals surface area contributed by atoms with Crippen molar-refractivity contribution in [2.24, 2.45) is 0 Å². The maximum absolute atomic E-state index is 12.7. The summed E-state index contributed by atoms with van der Waals surface area (Å²) < 4.78 is 0. The average Bonchev–Trinajstić information content (AvgIpc) is 3.14. The van der Waals surface area contributed by atoms with Gasteiger partial charge in [-0.15, -0.1) is 11.8 Å². The highest BCUT2D eigenvalue weighted by Gasteiger charge is 2.20. The van der Waals surface area contributed by atoms with Crippen molar-refractivity contribution in [1.82, 2.24) is 20.6 Å². The van der Waals surface area contributed by atoms with Gasteiger partial charge in [-0.2, -0.15) is 0 Å². The number of benzene rings is 1. The lowest BCUT2D eigenvalue weighted by molar-refractivity contribution is -0.118. The van der Waals surface area contributed by atoms with Gasteiger partial charge in [0.05, 0.1) is 17.7 Å². The molecule has 0 saturated carbocycles. The van der Waals surface area contributed by atoms with E-state index >= 15 is 0 Å². The minimum Gasteiger partial charge on any atom is -0.384 e. The maximum atomic E-state index is 12.7. The Morgan fingerprint density at radius 3 is 2.54 bits per heavy atom. The molecular formula is C21H26N4O2S. The lowest BCUT2D eigenvalue weighted by Gasteiger charge is -2.17. The molecule has 2 aromatic rings. The fraction of sp³-hybridized carbons (Fsp3) is 0.286.